The molecule has 0 saturated carbocycles. The molecular weight excluding hydrogens is 428 g/mol. The third kappa shape index (κ3) is 4.25. The molecule has 5 rings (SSSR count). The predicted molar refractivity (Wildman–Crippen MR) is 129 cm³/mol. The van der Waals surface area contributed by atoms with Gasteiger partial charge in [-0.15, -0.1) is 0 Å². The van der Waals surface area contributed by atoms with Gasteiger partial charge in [-0.25, -0.2) is 0 Å². The standard InChI is InChI=1S/C26H24N6O2/c1-17-12-14-20(15-13-17)28-25(33)23-18(2)27-26-29-30-31-32(26)24(23)21-10-6-7-11-22(21)34-16-19-8-4-3-5-9-19/h3-15,24H,16H2,1-2H3,(H,28,33)(H,27,29,31). The summed E-state index contributed by atoms with van der Waals surface area (Å²) in [6.07, 6.45) is 0. The topological polar surface area (TPSA) is 94.0 Å². The minimum atomic E-state index is -0.566. The van der Waals surface area contributed by atoms with Gasteiger partial charge in [0.15, 0.2) is 0 Å². The molecule has 0 saturated heterocycles. The quantitative estimate of drug-likeness (QED) is 0.448. The van der Waals surface area contributed by atoms with E-state index in [0.29, 0.717) is 35.3 Å². The van der Waals surface area contributed by atoms with E-state index in [4.69, 9.17) is 4.74 Å². The molecule has 0 fully saturated rings. The zero-order valence-electron chi connectivity index (χ0n) is 18.9. The molecule has 0 aliphatic carbocycles. The second-order valence-electron chi connectivity index (χ2n) is 8.15. The maximum atomic E-state index is 13.5. The summed E-state index contributed by atoms with van der Waals surface area (Å²) in [5.74, 6) is 0.887. The van der Waals surface area contributed by atoms with Gasteiger partial charge in [-0.2, -0.15) is 4.68 Å². The van der Waals surface area contributed by atoms with E-state index in [9.17, 15) is 4.79 Å². The number of benzene rings is 3. The fourth-order valence-corrected chi connectivity index (χ4v) is 4.00. The summed E-state index contributed by atoms with van der Waals surface area (Å²) in [5.41, 5.74) is 4.86. The average Bonchev–Trinajstić information content (AvgIpc) is 3.32. The number of hydrogen-bond acceptors (Lipinski definition) is 6. The molecule has 0 spiro atoms. The van der Waals surface area contributed by atoms with Gasteiger partial charge in [-0.3, -0.25) is 4.79 Å². The van der Waals surface area contributed by atoms with Gasteiger partial charge in [0, 0.05) is 16.9 Å². The lowest BCUT2D eigenvalue weighted by atomic mass is 9.94. The van der Waals surface area contributed by atoms with Crippen LogP contribution >= 0.6 is 0 Å². The number of fused-ring (bicyclic) bond motifs is 1. The Labute approximate surface area is 197 Å². The number of anilines is 2. The molecule has 1 aliphatic heterocycles. The average molecular weight is 453 g/mol. The Hall–Kier alpha value is -4.46. The Morgan fingerprint density at radius 1 is 1.00 bits per heavy atom. The molecule has 3 aromatic carbocycles. The lowest BCUT2D eigenvalue weighted by Gasteiger charge is -2.29. The van der Waals surface area contributed by atoms with Crippen molar-refractivity contribution in [2.24, 2.45) is 0 Å². The molecule has 4 aromatic rings. The molecule has 1 aliphatic rings. The van der Waals surface area contributed by atoms with Gasteiger partial charge >= 0.3 is 0 Å². The third-order valence-electron chi connectivity index (χ3n) is 5.72. The first kappa shape index (κ1) is 21.4. The van der Waals surface area contributed by atoms with E-state index in [-0.39, 0.29) is 5.91 Å². The van der Waals surface area contributed by atoms with Crippen molar-refractivity contribution in [3.8, 4) is 5.75 Å². The van der Waals surface area contributed by atoms with Crippen LogP contribution in [0.5, 0.6) is 5.75 Å². The van der Waals surface area contributed by atoms with Crippen molar-refractivity contribution in [3.05, 3.63) is 107 Å². The van der Waals surface area contributed by atoms with Crippen molar-refractivity contribution in [3.63, 3.8) is 0 Å². The Morgan fingerprint density at radius 3 is 2.53 bits per heavy atom. The smallest absolute Gasteiger partial charge is 0.255 e. The fourth-order valence-electron chi connectivity index (χ4n) is 4.00. The van der Waals surface area contributed by atoms with Crippen molar-refractivity contribution in [1.29, 1.82) is 0 Å². The Balaban J connectivity index is 1.52. The highest BCUT2D eigenvalue weighted by atomic mass is 16.5. The van der Waals surface area contributed by atoms with Crippen LogP contribution < -0.4 is 15.4 Å². The second kappa shape index (κ2) is 9.19. The van der Waals surface area contributed by atoms with Crippen LogP contribution in [0.4, 0.5) is 11.6 Å². The van der Waals surface area contributed by atoms with Crippen molar-refractivity contribution >= 4 is 17.5 Å². The zero-order chi connectivity index (χ0) is 23.5. The van der Waals surface area contributed by atoms with Gasteiger partial charge in [-0.1, -0.05) is 71.3 Å². The van der Waals surface area contributed by atoms with E-state index in [1.165, 1.54) is 0 Å². The number of hydrogen-bond donors (Lipinski definition) is 2. The minimum Gasteiger partial charge on any atom is -0.489 e. The van der Waals surface area contributed by atoms with E-state index in [0.717, 1.165) is 16.7 Å². The number of rotatable bonds is 6. The first-order valence-electron chi connectivity index (χ1n) is 11.0. The van der Waals surface area contributed by atoms with E-state index >= 15 is 0 Å². The highest BCUT2D eigenvalue weighted by Crippen LogP contribution is 2.39. The lowest BCUT2D eigenvalue weighted by molar-refractivity contribution is -0.113. The van der Waals surface area contributed by atoms with Crippen molar-refractivity contribution < 1.29 is 9.53 Å². The molecule has 0 bridgehead atoms. The largest absolute Gasteiger partial charge is 0.489 e. The molecule has 2 N–H and O–H groups in total. The van der Waals surface area contributed by atoms with Crippen molar-refractivity contribution in [2.75, 3.05) is 10.6 Å². The van der Waals surface area contributed by atoms with Crippen molar-refractivity contribution in [2.45, 2.75) is 26.5 Å². The number of aromatic nitrogens is 4. The van der Waals surface area contributed by atoms with Gasteiger partial charge in [0.1, 0.15) is 18.4 Å². The van der Waals surface area contributed by atoms with E-state index in [1.54, 1.807) is 4.68 Å². The van der Waals surface area contributed by atoms with Crippen LogP contribution in [0, 0.1) is 6.92 Å². The molecule has 34 heavy (non-hydrogen) atoms. The predicted octanol–water partition coefficient (Wildman–Crippen LogP) is 4.49. The number of aryl methyl sites for hydroxylation is 1. The Bertz CT molecular complexity index is 1350. The van der Waals surface area contributed by atoms with E-state index in [2.05, 4.69) is 26.2 Å². The summed E-state index contributed by atoms with van der Waals surface area (Å²) in [4.78, 5) is 13.5. The second-order valence-corrected chi connectivity index (χ2v) is 8.15. The number of allylic oxidation sites excluding steroid dienone is 1. The number of carbonyl (C=O) groups is 1. The molecule has 8 nitrogen and oxygen atoms in total. The fraction of sp³-hybridized carbons (Fsp3) is 0.154. The van der Waals surface area contributed by atoms with Gasteiger partial charge in [0.2, 0.25) is 5.95 Å². The van der Waals surface area contributed by atoms with Crippen LogP contribution in [0.3, 0.4) is 0 Å². The Morgan fingerprint density at radius 2 is 1.74 bits per heavy atom. The zero-order valence-corrected chi connectivity index (χ0v) is 18.9. The number of amides is 1. The molecule has 8 heteroatoms. The van der Waals surface area contributed by atoms with Crippen LogP contribution in [-0.4, -0.2) is 26.1 Å². The number of nitrogens with one attached hydrogen (secondary N) is 2. The molecule has 2 heterocycles. The van der Waals surface area contributed by atoms with Gasteiger partial charge in [-0.05, 0) is 48.0 Å². The molecular formula is C26H24N6O2. The van der Waals surface area contributed by atoms with Crippen LogP contribution in [0.25, 0.3) is 0 Å². The summed E-state index contributed by atoms with van der Waals surface area (Å²) >= 11 is 0. The van der Waals surface area contributed by atoms with E-state index in [1.807, 2.05) is 92.7 Å². The summed E-state index contributed by atoms with van der Waals surface area (Å²) in [7, 11) is 0. The van der Waals surface area contributed by atoms with Crippen LogP contribution in [0.2, 0.25) is 0 Å². The molecule has 1 aromatic heterocycles. The Kier molecular flexibility index (Phi) is 5.78. The number of nitrogens with zero attached hydrogens (tertiary/aromatic N) is 4. The third-order valence-corrected chi connectivity index (χ3v) is 5.72. The molecule has 0 radical (unpaired) electrons. The number of carbonyl (C=O) groups excluding carboxylic acids is 1. The van der Waals surface area contributed by atoms with Gasteiger partial charge in [0.25, 0.3) is 5.91 Å². The first-order valence-corrected chi connectivity index (χ1v) is 11.0. The van der Waals surface area contributed by atoms with Crippen LogP contribution in [0.15, 0.2) is 90.1 Å². The SMILES string of the molecule is CC1=C(C(=O)Nc2ccc(C)cc2)C(c2ccccc2OCc2ccccc2)n2nnnc2N1. The first-order chi connectivity index (χ1) is 16.6. The summed E-state index contributed by atoms with van der Waals surface area (Å²) in [6, 6.07) is 24.7. The maximum absolute atomic E-state index is 13.5. The summed E-state index contributed by atoms with van der Waals surface area (Å²) < 4.78 is 7.82. The molecule has 1 atom stereocenters. The van der Waals surface area contributed by atoms with Gasteiger partial charge in [0.05, 0.1) is 5.57 Å². The lowest BCUT2D eigenvalue weighted by Crippen LogP contribution is -2.31. The summed E-state index contributed by atoms with van der Waals surface area (Å²) in [5, 5.41) is 18.2. The highest BCUT2D eigenvalue weighted by molar-refractivity contribution is 6.06. The molecule has 170 valence electrons. The van der Waals surface area contributed by atoms with E-state index < -0.39 is 6.04 Å². The number of para-hydroxylation sites is 1. The normalized spacial score (nSPS) is 14.8. The number of ether oxygens (including phenoxy) is 1. The maximum Gasteiger partial charge on any atom is 0.255 e. The van der Waals surface area contributed by atoms with Crippen LogP contribution in [0.1, 0.15) is 29.7 Å². The number of tetrazole rings is 1. The van der Waals surface area contributed by atoms with Crippen molar-refractivity contribution in [1.82, 2.24) is 20.2 Å². The van der Waals surface area contributed by atoms with Crippen LogP contribution in [-0.2, 0) is 11.4 Å². The minimum absolute atomic E-state index is 0.238. The monoisotopic (exact) mass is 452 g/mol. The highest BCUT2D eigenvalue weighted by Gasteiger charge is 2.35. The van der Waals surface area contributed by atoms with Gasteiger partial charge < -0.3 is 15.4 Å². The molecule has 1 unspecified atom stereocenters. The molecule has 1 amide bonds. The summed E-state index contributed by atoms with van der Waals surface area (Å²) in [6.45, 7) is 4.26.